The minimum Gasteiger partial charge on any atom is -0.380 e. The van der Waals surface area contributed by atoms with Crippen LogP contribution in [0.1, 0.15) is 18.4 Å². The van der Waals surface area contributed by atoms with Crippen LogP contribution in [-0.2, 0) is 16.6 Å². The summed E-state index contributed by atoms with van der Waals surface area (Å²) in [6, 6.07) is 16.0. The van der Waals surface area contributed by atoms with Crippen molar-refractivity contribution in [3.05, 3.63) is 70.4 Å². The van der Waals surface area contributed by atoms with E-state index in [9.17, 15) is 12.8 Å². The number of nitrogens with one attached hydrogen (secondary N) is 2. The lowest BCUT2D eigenvalue weighted by Gasteiger charge is -2.32. The second-order valence-electron chi connectivity index (χ2n) is 7.38. The van der Waals surface area contributed by atoms with E-state index in [0.29, 0.717) is 10.0 Å². The van der Waals surface area contributed by atoms with Crippen LogP contribution in [0.25, 0.3) is 0 Å². The molecule has 3 heterocycles. The molecule has 0 spiro atoms. The normalized spacial score (nSPS) is 15.7. The third-order valence-electron chi connectivity index (χ3n) is 5.08. The van der Waals surface area contributed by atoms with Crippen LogP contribution in [0.2, 0.25) is 4.34 Å². The molecule has 164 valence electrons. The number of piperidine rings is 1. The third kappa shape index (κ3) is 5.74. The van der Waals surface area contributed by atoms with Gasteiger partial charge in [-0.3, -0.25) is 9.62 Å². The van der Waals surface area contributed by atoms with Gasteiger partial charge in [-0.05, 0) is 36.6 Å². The summed E-state index contributed by atoms with van der Waals surface area (Å²) in [5, 5.41) is 3.38. The summed E-state index contributed by atoms with van der Waals surface area (Å²) in [6.07, 6.45) is 1.87. The Labute approximate surface area is 190 Å². The van der Waals surface area contributed by atoms with Gasteiger partial charge in [0.2, 0.25) is 5.95 Å². The SMILES string of the molecule is O=S(=O)(Nc1cccc(F)n1)c1cc(NC2CCN(Cc3ccccc3)CC2)c(Cl)s1. The zero-order valence-corrected chi connectivity index (χ0v) is 19.0. The van der Waals surface area contributed by atoms with Crippen LogP contribution in [0.4, 0.5) is 15.9 Å². The minimum absolute atomic E-state index is 0.0487. The molecule has 0 radical (unpaired) electrons. The summed E-state index contributed by atoms with van der Waals surface area (Å²) < 4.78 is 41.2. The molecule has 2 N–H and O–H groups in total. The smallest absolute Gasteiger partial charge is 0.272 e. The highest BCUT2D eigenvalue weighted by molar-refractivity contribution is 7.94. The first kappa shape index (κ1) is 22.0. The summed E-state index contributed by atoms with van der Waals surface area (Å²) >= 11 is 7.27. The molecule has 3 aromatic rings. The van der Waals surface area contributed by atoms with Crippen molar-refractivity contribution in [3.8, 4) is 0 Å². The molecule has 2 aromatic heterocycles. The maximum atomic E-state index is 13.2. The molecule has 0 unspecified atom stereocenters. The molecule has 1 aliphatic rings. The highest BCUT2D eigenvalue weighted by Crippen LogP contribution is 2.36. The molecule has 4 rings (SSSR count). The Hall–Kier alpha value is -2.20. The van der Waals surface area contributed by atoms with Gasteiger partial charge < -0.3 is 5.32 Å². The van der Waals surface area contributed by atoms with Gasteiger partial charge in [-0.2, -0.15) is 4.39 Å². The van der Waals surface area contributed by atoms with E-state index >= 15 is 0 Å². The third-order valence-corrected chi connectivity index (χ3v) is 8.27. The van der Waals surface area contributed by atoms with Crippen molar-refractivity contribution in [2.24, 2.45) is 0 Å². The zero-order chi connectivity index (χ0) is 21.8. The van der Waals surface area contributed by atoms with Gasteiger partial charge in [0, 0.05) is 25.7 Å². The van der Waals surface area contributed by atoms with Gasteiger partial charge >= 0.3 is 0 Å². The molecular formula is C21H22ClFN4O2S2. The average Bonchev–Trinajstić information content (AvgIpc) is 3.11. The van der Waals surface area contributed by atoms with Gasteiger partial charge in [-0.25, -0.2) is 13.4 Å². The molecule has 1 saturated heterocycles. The zero-order valence-electron chi connectivity index (χ0n) is 16.6. The molecule has 1 aromatic carbocycles. The topological polar surface area (TPSA) is 74.3 Å². The molecule has 0 saturated carbocycles. The van der Waals surface area contributed by atoms with Crippen LogP contribution in [-0.4, -0.2) is 37.4 Å². The van der Waals surface area contributed by atoms with Gasteiger partial charge in [0.1, 0.15) is 14.4 Å². The van der Waals surface area contributed by atoms with E-state index in [4.69, 9.17) is 11.6 Å². The number of benzene rings is 1. The standard InChI is InChI=1S/C21H22ClFN4O2S2/c22-21-17(13-20(30-21)31(28,29)26-19-8-4-7-18(23)25-19)24-16-9-11-27(12-10-16)14-15-5-2-1-3-6-15/h1-8,13,16,24H,9-12,14H2,(H,25,26). The number of hydrogen-bond acceptors (Lipinski definition) is 6. The van der Waals surface area contributed by atoms with E-state index < -0.39 is 16.0 Å². The summed E-state index contributed by atoms with van der Waals surface area (Å²) in [5.41, 5.74) is 1.89. The van der Waals surface area contributed by atoms with Crippen LogP contribution >= 0.6 is 22.9 Å². The largest absolute Gasteiger partial charge is 0.380 e. The molecule has 0 amide bonds. The van der Waals surface area contributed by atoms with Crippen molar-refractivity contribution < 1.29 is 12.8 Å². The number of rotatable bonds is 7. The van der Waals surface area contributed by atoms with Crippen LogP contribution in [0.5, 0.6) is 0 Å². The molecular weight excluding hydrogens is 459 g/mol. The first-order valence-electron chi connectivity index (χ1n) is 9.86. The Morgan fingerprint density at radius 3 is 2.58 bits per heavy atom. The van der Waals surface area contributed by atoms with Gasteiger partial charge in [-0.15, -0.1) is 11.3 Å². The minimum atomic E-state index is -3.91. The molecule has 0 atom stereocenters. The Morgan fingerprint density at radius 1 is 1.13 bits per heavy atom. The lowest BCUT2D eigenvalue weighted by atomic mass is 10.0. The van der Waals surface area contributed by atoms with Gasteiger partial charge in [0.05, 0.1) is 5.69 Å². The summed E-state index contributed by atoms with van der Waals surface area (Å²) in [6.45, 7) is 2.83. The number of hydrogen-bond donors (Lipinski definition) is 2. The van der Waals surface area contributed by atoms with Crippen LogP contribution in [0.3, 0.4) is 0 Å². The Balaban J connectivity index is 1.36. The van der Waals surface area contributed by atoms with Crippen LogP contribution < -0.4 is 10.0 Å². The summed E-state index contributed by atoms with van der Waals surface area (Å²) in [5.74, 6) is -0.838. The van der Waals surface area contributed by atoms with Gasteiger partial charge in [0.25, 0.3) is 10.0 Å². The van der Waals surface area contributed by atoms with Crippen molar-refractivity contribution in [2.75, 3.05) is 23.1 Å². The van der Waals surface area contributed by atoms with Crippen molar-refractivity contribution >= 4 is 44.5 Å². The molecule has 0 bridgehead atoms. The lowest BCUT2D eigenvalue weighted by Crippen LogP contribution is -2.38. The molecule has 0 aliphatic carbocycles. The first-order valence-corrected chi connectivity index (χ1v) is 12.5. The number of halogens is 2. The monoisotopic (exact) mass is 480 g/mol. The fraction of sp³-hybridized carbons (Fsp3) is 0.286. The number of sulfonamides is 1. The number of thiophene rings is 1. The fourth-order valence-electron chi connectivity index (χ4n) is 3.53. The lowest BCUT2D eigenvalue weighted by molar-refractivity contribution is 0.211. The Bertz CT molecular complexity index is 1130. The summed E-state index contributed by atoms with van der Waals surface area (Å²) in [7, 11) is -3.91. The fourth-order valence-corrected chi connectivity index (χ4v) is 6.18. The molecule has 1 fully saturated rings. The predicted octanol–water partition coefficient (Wildman–Crippen LogP) is 4.81. The van der Waals surface area contributed by atoms with E-state index in [1.165, 1.54) is 23.8 Å². The Morgan fingerprint density at radius 2 is 1.87 bits per heavy atom. The van der Waals surface area contributed by atoms with E-state index in [2.05, 4.69) is 32.1 Å². The van der Waals surface area contributed by atoms with Crippen molar-refractivity contribution in [1.82, 2.24) is 9.88 Å². The summed E-state index contributed by atoms with van der Waals surface area (Å²) in [4.78, 5) is 5.95. The van der Waals surface area contributed by atoms with Crippen LogP contribution in [0, 0.1) is 5.95 Å². The maximum Gasteiger partial charge on any atom is 0.272 e. The molecule has 10 heteroatoms. The quantitative estimate of drug-likeness (QED) is 0.474. The Kier molecular flexibility index (Phi) is 6.76. The van der Waals surface area contributed by atoms with Crippen molar-refractivity contribution in [2.45, 2.75) is 29.6 Å². The van der Waals surface area contributed by atoms with Crippen LogP contribution in [0.15, 0.2) is 58.8 Å². The molecule has 6 nitrogen and oxygen atoms in total. The molecule has 31 heavy (non-hydrogen) atoms. The second-order valence-corrected chi connectivity index (χ2v) is 10.9. The van der Waals surface area contributed by atoms with Gasteiger partial charge in [0.15, 0.2) is 0 Å². The van der Waals surface area contributed by atoms with Gasteiger partial charge in [-0.1, -0.05) is 48.0 Å². The number of aromatic nitrogens is 1. The maximum absolute atomic E-state index is 13.2. The first-order chi connectivity index (χ1) is 14.9. The number of pyridine rings is 1. The van der Waals surface area contributed by atoms with E-state index in [1.54, 1.807) is 0 Å². The number of anilines is 2. The van der Waals surface area contributed by atoms with Crippen molar-refractivity contribution in [3.63, 3.8) is 0 Å². The second kappa shape index (κ2) is 9.52. The highest BCUT2D eigenvalue weighted by atomic mass is 35.5. The predicted molar refractivity (Wildman–Crippen MR) is 123 cm³/mol. The molecule has 1 aliphatic heterocycles. The highest BCUT2D eigenvalue weighted by Gasteiger charge is 2.24. The van der Waals surface area contributed by atoms with E-state index in [1.807, 2.05) is 18.2 Å². The van der Waals surface area contributed by atoms with Crippen molar-refractivity contribution in [1.29, 1.82) is 0 Å². The van der Waals surface area contributed by atoms with E-state index in [0.717, 1.165) is 49.9 Å². The number of nitrogens with zero attached hydrogens (tertiary/aromatic N) is 2. The van der Waals surface area contributed by atoms with E-state index in [-0.39, 0.29) is 16.1 Å². The average molecular weight is 481 g/mol. The number of likely N-dealkylation sites (tertiary alicyclic amines) is 1.